The molecule has 84 valence electrons. The van der Waals surface area contributed by atoms with Crippen molar-refractivity contribution in [2.24, 2.45) is 7.05 Å². The highest BCUT2D eigenvalue weighted by molar-refractivity contribution is 5.82. The van der Waals surface area contributed by atoms with Crippen molar-refractivity contribution in [2.75, 3.05) is 0 Å². The molecule has 0 unspecified atom stereocenters. The molecule has 0 spiro atoms. The summed E-state index contributed by atoms with van der Waals surface area (Å²) in [5.41, 5.74) is 3.46. The smallest absolute Gasteiger partial charge is 0.303 e. The fraction of sp³-hybridized carbons (Fsp3) is 0.308. The van der Waals surface area contributed by atoms with Gasteiger partial charge in [-0.15, -0.1) is 0 Å². The average molecular weight is 217 g/mol. The van der Waals surface area contributed by atoms with Crippen LogP contribution in [-0.2, 0) is 18.3 Å². The zero-order valence-corrected chi connectivity index (χ0v) is 9.53. The van der Waals surface area contributed by atoms with Crippen molar-refractivity contribution in [2.45, 2.75) is 19.8 Å². The van der Waals surface area contributed by atoms with Crippen LogP contribution < -0.4 is 0 Å². The first-order chi connectivity index (χ1) is 7.58. The summed E-state index contributed by atoms with van der Waals surface area (Å²) in [7, 11) is 2.03. The summed E-state index contributed by atoms with van der Waals surface area (Å²) in [5.74, 6) is -0.747. The summed E-state index contributed by atoms with van der Waals surface area (Å²) in [5, 5.41) is 9.85. The Morgan fingerprint density at radius 2 is 2.12 bits per heavy atom. The number of rotatable bonds is 3. The quantitative estimate of drug-likeness (QED) is 0.858. The number of benzene rings is 1. The molecular weight excluding hydrogens is 202 g/mol. The predicted octanol–water partition coefficient (Wildman–Crippen LogP) is 2.50. The molecule has 2 rings (SSSR count). The van der Waals surface area contributed by atoms with Crippen LogP contribution in [0.15, 0.2) is 24.3 Å². The van der Waals surface area contributed by atoms with Gasteiger partial charge in [0.1, 0.15) is 0 Å². The third-order valence-electron chi connectivity index (χ3n) is 2.98. The highest BCUT2D eigenvalue weighted by Gasteiger charge is 2.04. The number of aromatic nitrogens is 1. The van der Waals surface area contributed by atoms with Crippen molar-refractivity contribution < 1.29 is 9.90 Å². The number of carboxylic acid groups (broad SMARTS) is 1. The Hall–Kier alpha value is -1.77. The lowest BCUT2D eigenvalue weighted by Gasteiger charge is -2.02. The van der Waals surface area contributed by atoms with Crippen LogP contribution in [0.4, 0.5) is 0 Å². The van der Waals surface area contributed by atoms with Crippen molar-refractivity contribution in [3.8, 4) is 0 Å². The molecule has 0 amide bonds. The Balaban J connectivity index is 2.35. The van der Waals surface area contributed by atoms with Gasteiger partial charge in [-0.1, -0.05) is 12.1 Å². The fourth-order valence-electron chi connectivity index (χ4n) is 1.92. The molecule has 1 N–H and O–H groups in total. The Labute approximate surface area is 94.3 Å². The summed E-state index contributed by atoms with van der Waals surface area (Å²) in [4.78, 5) is 10.5. The van der Waals surface area contributed by atoms with Gasteiger partial charge in [-0.2, -0.15) is 0 Å². The van der Waals surface area contributed by atoms with Gasteiger partial charge in [0.2, 0.25) is 0 Å². The van der Waals surface area contributed by atoms with Gasteiger partial charge in [-0.05, 0) is 36.4 Å². The van der Waals surface area contributed by atoms with Crippen LogP contribution in [0.5, 0.6) is 0 Å². The maximum atomic E-state index is 10.5. The minimum Gasteiger partial charge on any atom is -0.481 e. The Bertz CT molecular complexity index is 540. The van der Waals surface area contributed by atoms with Crippen LogP contribution in [0.25, 0.3) is 10.9 Å². The monoisotopic (exact) mass is 217 g/mol. The predicted molar refractivity (Wildman–Crippen MR) is 63.6 cm³/mol. The summed E-state index contributed by atoms with van der Waals surface area (Å²) in [6.07, 6.45) is 0.782. The first-order valence-corrected chi connectivity index (χ1v) is 5.34. The number of nitrogens with zero attached hydrogens (tertiary/aromatic N) is 1. The molecule has 0 saturated carbocycles. The molecule has 1 aromatic heterocycles. The van der Waals surface area contributed by atoms with Crippen LogP contribution >= 0.6 is 0 Å². The molecular formula is C13H15NO2. The van der Waals surface area contributed by atoms with Gasteiger partial charge >= 0.3 is 5.97 Å². The van der Waals surface area contributed by atoms with E-state index in [9.17, 15) is 4.79 Å². The number of carboxylic acids is 1. The van der Waals surface area contributed by atoms with Gasteiger partial charge < -0.3 is 9.67 Å². The van der Waals surface area contributed by atoms with Gasteiger partial charge in [0.25, 0.3) is 0 Å². The van der Waals surface area contributed by atoms with E-state index in [4.69, 9.17) is 5.11 Å². The zero-order valence-electron chi connectivity index (χ0n) is 9.53. The highest BCUT2D eigenvalue weighted by Crippen LogP contribution is 2.20. The van der Waals surface area contributed by atoms with Gasteiger partial charge in [0, 0.05) is 24.7 Å². The second-order valence-electron chi connectivity index (χ2n) is 4.13. The largest absolute Gasteiger partial charge is 0.481 e. The molecule has 0 radical (unpaired) electrons. The molecule has 1 heterocycles. The standard InChI is InChI=1S/C13H15NO2/c1-9-7-11-5-3-10(4-6-13(15)16)8-12(11)14(9)2/h3,5,7-8H,4,6H2,1-2H3,(H,15,16). The lowest BCUT2D eigenvalue weighted by atomic mass is 10.1. The minimum atomic E-state index is -0.747. The molecule has 0 fully saturated rings. The Morgan fingerprint density at radius 3 is 2.81 bits per heavy atom. The fourth-order valence-corrected chi connectivity index (χ4v) is 1.92. The summed E-state index contributed by atoms with van der Waals surface area (Å²) in [6, 6.07) is 8.27. The van der Waals surface area contributed by atoms with Crippen LogP contribution in [0, 0.1) is 6.92 Å². The minimum absolute atomic E-state index is 0.189. The number of hydrogen-bond donors (Lipinski definition) is 1. The maximum absolute atomic E-state index is 10.5. The Kier molecular flexibility index (Phi) is 2.69. The van der Waals surface area contributed by atoms with Crippen LogP contribution in [0.1, 0.15) is 17.7 Å². The van der Waals surface area contributed by atoms with Crippen molar-refractivity contribution in [3.05, 3.63) is 35.5 Å². The number of hydrogen-bond acceptors (Lipinski definition) is 1. The van der Waals surface area contributed by atoms with E-state index in [1.165, 1.54) is 16.6 Å². The van der Waals surface area contributed by atoms with Crippen LogP contribution in [0.2, 0.25) is 0 Å². The molecule has 0 aliphatic rings. The molecule has 0 saturated heterocycles. The van der Waals surface area contributed by atoms with Crippen molar-refractivity contribution >= 4 is 16.9 Å². The lowest BCUT2D eigenvalue weighted by molar-refractivity contribution is -0.136. The summed E-state index contributed by atoms with van der Waals surface area (Å²) in [6.45, 7) is 2.07. The van der Waals surface area contributed by atoms with Gasteiger partial charge in [-0.25, -0.2) is 0 Å². The van der Waals surface area contributed by atoms with Crippen LogP contribution in [-0.4, -0.2) is 15.6 Å². The average Bonchev–Trinajstić information content (AvgIpc) is 2.52. The summed E-state index contributed by atoms with van der Waals surface area (Å²) < 4.78 is 2.12. The second-order valence-corrected chi connectivity index (χ2v) is 4.13. The third kappa shape index (κ3) is 1.94. The van der Waals surface area contributed by atoms with E-state index in [1.807, 2.05) is 13.1 Å². The van der Waals surface area contributed by atoms with E-state index in [1.54, 1.807) is 0 Å². The van der Waals surface area contributed by atoms with Crippen molar-refractivity contribution in [1.82, 2.24) is 4.57 Å². The summed E-state index contributed by atoms with van der Waals surface area (Å²) >= 11 is 0. The SMILES string of the molecule is Cc1cc2ccc(CCC(=O)O)cc2n1C. The topological polar surface area (TPSA) is 42.2 Å². The maximum Gasteiger partial charge on any atom is 0.303 e. The molecule has 0 aliphatic carbocycles. The molecule has 2 aromatic rings. The number of carbonyl (C=O) groups is 1. The van der Waals surface area contributed by atoms with Crippen molar-refractivity contribution in [1.29, 1.82) is 0 Å². The number of aryl methyl sites for hydroxylation is 3. The number of fused-ring (bicyclic) bond motifs is 1. The van der Waals surface area contributed by atoms with E-state index in [0.29, 0.717) is 6.42 Å². The zero-order chi connectivity index (χ0) is 11.7. The molecule has 0 bridgehead atoms. The van der Waals surface area contributed by atoms with Crippen LogP contribution in [0.3, 0.4) is 0 Å². The molecule has 0 atom stereocenters. The molecule has 3 heteroatoms. The van der Waals surface area contributed by atoms with E-state index in [-0.39, 0.29) is 6.42 Å². The van der Waals surface area contributed by atoms with E-state index in [0.717, 1.165) is 5.56 Å². The lowest BCUT2D eigenvalue weighted by Crippen LogP contribution is -1.97. The molecule has 0 aliphatic heterocycles. The number of aliphatic carboxylic acids is 1. The Morgan fingerprint density at radius 1 is 1.38 bits per heavy atom. The normalized spacial score (nSPS) is 10.9. The van der Waals surface area contributed by atoms with E-state index >= 15 is 0 Å². The third-order valence-corrected chi connectivity index (χ3v) is 2.98. The van der Waals surface area contributed by atoms with Gasteiger partial charge in [0.05, 0.1) is 0 Å². The molecule has 1 aromatic carbocycles. The molecule has 16 heavy (non-hydrogen) atoms. The van der Waals surface area contributed by atoms with Crippen molar-refractivity contribution in [3.63, 3.8) is 0 Å². The van der Waals surface area contributed by atoms with Gasteiger partial charge in [-0.3, -0.25) is 4.79 Å². The van der Waals surface area contributed by atoms with E-state index in [2.05, 4.69) is 29.7 Å². The van der Waals surface area contributed by atoms with Gasteiger partial charge in [0.15, 0.2) is 0 Å². The highest BCUT2D eigenvalue weighted by atomic mass is 16.4. The van der Waals surface area contributed by atoms with E-state index < -0.39 is 5.97 Å². The first-order valence-electron chi connectivity index (χ1n) is 5.34. The second kappa shape index (κ2) is 4.00. The molecule has 3 nitrogen and oxygen atoms in total. The first kappa shape index (κ1) is 10.7.